The highest BCUT2D eigenvalue weighted by Gasteiger charge is 2.31. The van der Waals surface area contributed by atoms with Crippen LogP contribution in [0.5, 0.6) is 0 Å². The molecular formula is C6H9NO3. The smallest absolute Gasteiger partial charge is 0.321 e. The standard InChI is InChI=1S/C6H9NO3/c8-3-4-1-2-7-5(4)6(9)10/h3-5,7H,1-2H2,(H,9,10)/t4?,5-/m0/s1. The van der Waals surface area contributed by atoms with Crippen LogP contribution in [0.2, 0.25) is 0 Å². The first kappa shape index (κ1) is 7.21. The maximum absolute atomic E-state index is 10.3. The van der Waals surface area contributed by atoms with Gasteiger partial charge >= 0.3 is 5.97 Å². The van der Waals surface area contributed by atoms with Crippen molar-refractivity contribution in [1.29, 1.82) is 0 Å². The van der Waals surface area contributed by atoms with E-state index in [2.05, 4.69) is 5.32 Å². The first-order chi connectivity index (χ1) is 4.75. The van der Waals surface area contributed by atoms with Crippen LogP contribution >= 0.6 is 0 Å². The molecule has 2 N–H and O–H groups in total. The van der Waals surface area contributed by atoms with Crippen molar-refractivity contribution in [3.05, 3.63) is 0 Å². The fraction of sp³-hybridized carbons (Fsp3) is 0.667. The van der Waals surface area contributed by atoms with Crippen molar-refractivity contribution in [2.24, 2.45) is 5.92 Å². The van der Waals surface area contributed by atoms with Gasteiger partial charge in [-0.25, -0.2) is 0 Å². The van der Waals surface area contributed by atoms with Crippen LogP contribution in [0.4, 0.5) is 0 Å². The minimum absolute atomic E-state index is 0.336. The van der Waals surface area contributed by atoms with Crippen molar-refractivity contribution in [3.8, 4) is 0 Å². The fourth-order valence-electron chi connectivity index (χ4n) is 1.14. The summed E-state index contributed by atoms with van der Waals surface area (Å²) >= 11 is 0. The van der Waals surface area contributed by atoms with E-state index < -0.39 is 12.0 Å². The van der Waals surface area contributed by atoms with Crippen molar-refractivity contribution in [2.45, 2.75) is 12.5 Å². The number of carboxylic acid groups (broad SMARTS) is 1. The van der Waals surface area contributed by atoms with Gasteiger partial charge in [-0.3, -0.25) is 4.79 Å². The Morgan fingerprint density at radius 3 is 2.80 bits per heavy atom. The van der Waals surface area contributed by atoms with Crippen molar-refractivity contribution in [3.63, 3.8) is 0 Å². The summed E-state index contributed by atoms with van der Waals surface area (Å²) in [6.07, 6.45) is 1.35. The summed E-state index contributed by atoms with van der Waals surface area (Å²) in [5.41, 5.74) is 0. The molecule has 0 spiro atoms. The SMILES string of the molecule is O=CC1CCN[C@@H]1C(=O)O. The molecule has 0 bridgehead atoms. The molecule has 0 radical (unpaired) electrons. The Hall–Kier alpha value is -0.900. The number of nitrogens with one attached hydrogen (secondary N) is 1. The van der Waals surface area contributed by atoms with Crippen molar-refractivity contribution in [2.75, 3.05) is 6.54 Å². The molecule has 1 saturated heterocycles. The van der Waals surface area contributed by atoms with E-state index in [0.717, 1.165) is 0 Å². The van der Waals surface area contributed by atoms with Gasteiger partial charge in [-0.2, -0.15) is 0 Å². The molecule has 1 rings (SSSR count). The van der Waals surface area contributed by atoms with Gasteiger partial charge in [-0.15, -0.1) is 0 Å². The van der Waals surface area contributed by atoms with Crippen LogP contribution in [0.25, 0.3) is 0 Å². The first-order valence-corrected chi connectivity index (χ1v) is 3.17. The lowest BCUT2D eigenvalue weighted by atomic mass is 10.0. The maximum atomic E-state index is 10.3. The minimum atomic E-state index is -0.936. The molecule has 4 nitrogen and oxygen atoms in total. The Kier molecular flexibility index (Phi) is 2.01. The second-order valence-corrected chi connectivity index (χ2v) is 2.36. The number of carbonyl (C=O) groups excluding carboxylic acids is 1. The summed E-state index contributed by atoms with van der Waals surface area (Å²) in [5.74, 6) is -1.27. The summed E-state index contributed by atoms with van der Waals surface area (Å²) in [5, 5.41) is 11.2. The zero-order chi connectivity index (χ0) is 7.56. The average molecular weight is 143 g/mol. The molecule has 1 aliphatic rings. The topological polar surface area (TPSA) is 66.4 Å². The third-order valence-corrected chi connectivity index (χ3v) is 1.71. The predicted molar refractivity (Wildman–Crippen MR) is 33.6 cm³/mol. The Bertz CT molecular complexity index is 157. The number of hydrogen-bond donors (Lipinski definition) is 2. The normalized spacial score (nSPS) is 32.0. The van der Waals surface area contributed by atoms with Crippen LogP contribution in [-0.4, -0.2) is 29.9 Å². The quantitative estimate of drug-likeness (QED) is 0.499. The second kappa shape index (κ2) is 2.79. The van der Waals surface area contributed by atoms with E-state index in [4.69, 9.17) is 5.11 Å². The van der Waals surface area contributed by atoms with E-state index in [-0.39, 0.29) is 5.92 Å². The first-order valence-electron chi connectivity index (χ1n) is 3.17. The Morgan fingerprint density at radius 2 is 2.40 bits per heavy atom. The van der Waals surface area contributed by atoms with Crippen LogP contribution in [-0.2, 0) is 9.59 Å². The molecular weight excluding hydrogens is 134 g/mol. The molecule has 10 heavy (non-hydrogen) atoms. The Morgan fingerprint density at radius 1 is 1.70 bits per heavy atom. The highest BCUT2D eigenvalue weighted by molar-refractivity contribution is 5.79. The molecule has 2 atom stereocenters. The molecule has 1 unspecified atom stereocenters. The zero-order valence-corrected chi connectivity index (χ0v) is 5.41. The van der Waals surface area contributed by atoms with Crippen LogP contribution in [0, 0.1) is 5.92 Å². The number of carbonyl (C=O) groups is 2. The molecule has 1 heterocycles. The van der Waals surface area contributed by atoms with Gasteiger partial charge < -0.3 is 15.2 Å². The van der Waals surface area contributed by atoms with E-state index in [0.29, 0.717) is 19.3 Å². The average Bonchev–Trinajstić information content (AvgIpc) is 2.33. The predicted octanol–water partition coefficient (Wildman–Crippen LogP) is -0.752. The van der Waals surface area contributed by atoms with Crippen LogP contribution in [0.1, 0.15) is 6.42 Å². The van der Waals surface area contributed by atoms with E-state index >= 15 is 0 Å². The van der Waals surface area contributed by atoms with E-state index in [9.17, 15) is 9.59 Å². The molecule has 0 saturated carbocycles. The van der Waals surface area contributed by atoms with Gasteiger partial charge in [0.05, 0.1) is 0 Å². The molecule has 56 valence electrons. The number of carboxylic acids is 1. The van der Waals surface area contributed by atoms with Gasteiger partial charge in [0.25, 0.3) is 0 Å². The summed E-state index contributed by atoms with van der Waals surface area (Å²) in [7, 11) is 0. The minimum Gasteiger partial charge on any atom is -0.480 e. The number of hydrogen-bond acceptors (Lipinski definition) is 3. The number of rotatable bonds is 2. The summed E-state index contributed by atoms with van der Waals surface area (Å²) in [6, 6.07) is -0.655. The highest BCUT2D eigenvalue weighted by Crippen LogP contribution is 2.12. The molecule has 1 aliphatic heterocycles. The molecule has 0 aromatic carbocycles. The third kappa shape index (κ3) is 1.16. The molecule has 0 aliphatic carbocycles. The zero-order valence-electron chi connectivity index (χ0n) is 5.41. The van der Waals surface area contributed by atoms with Gasteiger partial charge in [0.2, 0.25) is 0 Å². The lowest BCUT2D eigenvalue weighted by Gasteiger charge is -2.06. The van der Waals surface area contributed by atoms with Crippen LogP contribution < -0.4 is 5.32 Å². The van der Waals surface area contributed by atoms with Gasteiger partial charge in [0, 0.05) is 5.92 Å². The molecule has 0 amide bonds. The van der Waals surface area contributed by atoms with Gasteiger partial charge in [-0.1, -0.05) is 0 Å². The third-order valence-electron chi connectivity index (χ3n) is 1.71. The summed E-state index contributed by atoms with van der Waals surface area (Å²) < 4.78 is 0. The van der Waals surface area contributed by atoms with Gasteiger partial charge in [0.15, 0.2) is 0 Å². The molecule has 0 aromatic heterocycles. The largest absolute Gasteiger partial charge is 0.480 e. The van der Waals surface area contributed by atoms with Crippen LogP contribution in [0.3, 0.4) is 0 Å². The second-order valence-electron chi connectivity index (χ2n) is 2.36. The lowest BCUT2D eigenvalue weighted by Crippen LogP contribution is -2.35. The van der Waals surface area contributed by atoms with Crippen molar-refractivity contribution < 1.29 is 14.7 Å². The van der Waals surface area contributed by atoms with E-state index in [1.54, 1.807) is 0 Å². The highest BCUT2D eigenvalue weighted by atomic mass is 16.4. The van der Waals surface area contributed by atoms with Crippen LogP contribution in [0.15, 0.2) is 0 Å². The summed E-state index contributed by atoms with van der Waals surface area (Å²) in [6.45, 7) is 0.625. The van der Waals surface area contributed by atoms with Crippen molar-refractivity contribution in [1.82, 2.24) is 5.32 Å². The Balaban J connectivity index is 2.58. The molecule has 1 fully saturated rings. The van der Waals surface area contributed by atoms with Crippen molar-refractivity contribution >= 4 is 12.3 Å². The fourth-order valence-corrected chi connectivity index (χ4v) is 1.14. The number of aldehydes is 1. The molecule has 0 aromatic rings. The monoisotopic (exact) mass is 143 g/mol. The number of aliphatic carboxylic acids is 1. The lowest BCUT2D eigenvalue weighted by molar-refractivity contribution is -0.141. The Labute approximate surface area is 58.2 Å². The van der Waals surface area contributed by atoms with E-state index in [1.165, 1.54) is 0 Å². The van der Waals surface area contributed by atoms with E-state index in [1.807, 2.05) is 0 Å². The maximum Gasteiger partial charge on any atom is 0.321 e. The van der Waals surface area contributed by atoms with Gasteiger partial charge in [0.1, 0.15) is 12.3 Å². The summed E-state index contributed by atoms with van der Waals surface area (Å²) in [4.78, 5) is 20.6. The molecule has 4 heteroatoms. The van der Waals surface area contributed by atoms with Gasteiger partial charge in [-0.05, 0) is 13.0 Å².